The zero-order valence-electron chi connectivity index (χ0n) is 11.2. The number of aryl methyl sites for hydroxylation is 1. The van der Waals surface area contributed by atoms with Crippen LogP contribution in [-0.4, -0.2) is 0 Å². The van der Waals surface area contributed by atoms with Crippen LogP contribution in [0.15, 0.2) is 28.1 Å². The van der Waals surface area contributed by atoms with Crippen molar-refractivity contribution < 1.29 is 4.74 Å². The summed E-state index contributed by atoms with van der Waals surface area (Å²) in [6.07, 6.45) is 0. The number of hydrogen-bond acceptors (Lipinski definition) is 2. The molecule has 0 saturated carbocycles. The number of rotatable bonds is 4. The lowest BCUT2D eigenvalue weighted by molar-refractivity contribution is 0.307. The van der Waals surface area contributed by atoms with Gasteiger partial charge in [-0.1, -0.05) is 25.4 Å². The van der Waals surface area contributed by atoms with Crippen LogP contribution < -0.4 is 4.74 Å². The Morgan fingerprint density at radius 2 is 2.05 bits per heavy atom. The SMILES string of the molecule is Cc1cc(Cl)c(C(C)C)cc1OCc1ccc(Br)s1. The third-order valence-corrected chi connectivity index (χ3v) is 4.84. The molecule has 4 heteroatoms. The molecule has 0 bridgehead atoms. The van der Waals surface area contributed by atoms with Crippen LogP contribution in [0, 0.1) is 6.92 Å². The summed E-state index contributed by atoms with van der Waals surface area (Å²) >= 11 is 11.4. The van der Waals surface area contributed by atoms with Crippen molar-refractivity contribution in [2.24, 2.45) is 0 Å². The topological polar surface area (TPSA) is 9.23 Å². The maximum absolute atomic E-state index is 6.26. The Morgan fingerprint density at radius 1 is 1.32 bits per heavy atom. The Labute approximate surface area is 131 Å². The highest BCUT2D eigenvalue weighted by Crippen LogP contribution is 2.32. The molecule has 0 saturated heterocycles. The highest BCUT2D eigenvalue weighted by Gasteiger charge is 2.10. The molecular formula is C15H16BrClOS. The van der Waals surface area contributed by atoms with Gasteiger partial charge in [-0.05, 0) is 64.2 Å². The minimum atomic E-state index is 0.395. The fourth-order valence-corrected chi connectivity index (χ4v) is 3.68. The molecule has 1 heterocycles. The lowest BCUT2D eigenvalue weighted by atomic mass is 10.0. The number of halogens is 2. The van der Waals surface area contributed by atoms with E-state index in [1.165, 1.54) is 4.88 Å². The summed E-state index contributed by atoms with van der Waals surface area (Å²) in [5, 5.41) is 0.818. The summed E-state index contributed by atoms with van der Waals surface area (Å²) in [7, 11) is 0. The molecule has 19 heavy (non-hydrogen) atoms. The Balaban J connectivity index is 2.17. The third kappa shape index (κ3) is 3.74. The smallest absolute Gasteiger partial charge is 0.123 e. The van der Waals surface area contributed by atoms with Gasteiger partial charge in [0.1, 0.15) is 12.4 Å². The van der Waals surface area contributed by atoms with E-state index in [1.807, 2.05) is 19.1 Å². The first-order valence-corrected chi connectivity index (χ1v) is 8.13. The lowest BCUT2D eigenvalue weighted by Crippen LogP contribution is -1.98. The van der Waals surface area contributed by atoms with Gasteiger partial charge in [-0.25, -0.2) is 0 Å². The first kappa shape index (κ1) is 14.9. The summed E-state index contributed by atoms with van der Waals surface area (Å²) in [5.74, 6) is 1.31. The monoisotopic (exact) mass is 358 g/mol. The third-order valence-electron chi connectivity index (χ3n) is 2.92. The molecule has 0 atom stereocenters. The molecule has 0 N–H and O–H groups in total. The van der Waals surface area contributed by atoms with Crippen molar-refractivity contribution in [1.82, 2.24) is 0 Å². The van der Waals surface area contributed by atoms with Crippen LogP contribution in [0.5, 0.6) is 5.75 Å². The summed E-state index contributed by atoms with van der Waals surface area (Å²) in [6, 6.07) is 8.16. The van der Waals surface area contributed by atoms with Gasteiger partial charge in [-0.2, -0.15) is 0 Å². The van der Waals surface area contributed by atoms with Crippen molar-refractivity contribution in [3.05, 3.63) is 49.1 Å². The highest BCUT2D eigenvalue weighted by molar-refractivity contribution is 9.11. The van der Waals surface area contributed by atoms with Crippen LogP contribution in [0.3, 0.4) is 0 Å². The van der Waals surface area contributed by atoms with Gasteiger partial charge >= 0.3 is 0 Å². The average Bonchev–Trinajstić information content (AvgIpc) is 2.73. The van der Waals surface area contributed by atoms with Crippen LogP contribution in [0.2, 0.25) is 5.02 Å². The molecule has 2 aromatic rings. The molecule has 0 spiro atoms. The molecule has 2 rings (SSSR count). The van der Waals surface area contributed by atoms with E-state index in [9.17, 15) is 0 Å². The Bertz CT molecular complexity index is 578. The molecule has 1 aromatic heterocycles. The lowest BCUT2D eigenvalue weighted by Gasteiger charge is -2.14. The standard InChI is InChI=1S/C15H16BrClOS/c1-9(2)12-7-14(10(3)6-13(12)17)18-8-11-4-5-15(16)19-11/h4-7,9H,8H2,1-3H3. The second-order valence-electron chi connectivity index (χ2n) is 4.79. The number of thiophene rings is 1. The van der Waals surface area contributed by atoms with Crippen molar-refractivity contribution in [3.8, 4) is 5.75 Å². The van der Waals surface area contributed by atoms with Gasteiger partial charge in [0.25, 0.3) is 0 Å². The number of benzene rings is 1. The molecule has 1 nitrogen and oxygen atoms in total. The Morgan fingerprint density at radius 3 is 2.63 bits per heavy atom. The van der Waals surface area contributed by atoms with Crippen LogP contribution in [-0.2, 0) is 6.61 Å². The molecular weight excluding hydrogens is 344 g/mol. The zero-order chi connectivity index (χ0) is 14.0. The van der Waals surface area contributed by atoms with E-state index in [-0.39, 0.29) is 0 Å². The minimum Gasteiger partial charge on any atom is -0.488 e. The van der Waals surface area contributed by atoms with Crippen molar-refractivity contribution in [3.63, 3.8) is 0 Å². The molecule has 0 fully saturated rings. The van der Waals surface area contributed by atoms with Crippen molar-refractivity contribution in [2.75, 3.05) is 0 Å². The van der Waals surface area contributed by atoms with Gasteiger partial charge < -0.3 is 4.74 Å². The van der Waals surface area contributed by atoms with Crippen LogP contribution >= 0.6 is 38.9 Å². The van der Waals surface area contributed by atoms with Crippen LogP contribution in [0.1, 0.15) is 35.8 Å². The van der Waals surface area contributed by atoms with Gasteiger partial charge in [-0.15, -0.1) is 11.3 Å². The summed E-state index contributed by atoms with van der Waals surface area (Å²) in [6.45, 7) is 6.89. The van der Waals surface area contributed by atoms with Crippen molar-refractivity contribution in [1.29, 1.82) is 0 Å². The number of ether oxygens (including phenoxy) is 1. The summed E-state index contributed by atoms with van der Waals surface area (Å²) in [4.78, 5) is 1.20. The maximum atomic E-state index is 6.26. The minimum absolute atomic E-state index is 0.395. The largest absolute Gasteiger partial charge is 0.488 e. The maximum Gasteiger partial charge on any atom is 0.123 e. The Kier molecular flexibility index (Phi) is 4.93. The Hall–Kier alpha value is -0.510. The van der Waals surface area contributed by atoms with Crippen LogP contribution in [0.25, 0.3) is 0 Å². The van der Waals surface area contributed by atoms with Gasteiger partial charge in [0.15, 0.2) is 0 Å². The fourth-order valence-electron chi connectivity index (χ4n) is 1.84. The number of hydrogen-bond donors (Lipinski definition) is 0. The predicted molar refractivity (Wildman–Crippen MR) is 86.6 cm³/mol. The first-order chi connectivity index (χ1) is 8.97. The van der Waals surface area contributed by atoms with E-state index in [1.54, 1.807) is 11.3 Å². The molecule has 0 unspecified atom stereocenters. The molecule has 0 amide bonds. The van der Waals surface area contributed by atoms with Gasteiger partial charge in [0.05, 0.1) is 3.79 Å². The van der Waals surface area contributed by atoms with E-state index in [0.717, 1.165) is 25.7 Å². The molecule has 0 aliphatic heterocycles. The van der Waals surface area contributed by atoms with E-state index in [2.05, 4.69) is 41.9 Å². The van der Waals surface area contributed by atoms with E-state index in [4.69, 9.17) is 16.3 Å². The van der Waals surface area contributed by atoms with Crippen molar-refractivity contribution in [2.45, 2.75) is 33.3 Å². The molecule has 1 aromatic carbocycles. The second-order valence-corrected chi connectivity index (χ2v) is 7.74. The molecule has 102 valence electrons. The first-order valence-electron chi connectivity index (χ1n) is 6.14. The zero-order valence-corrected chi connectivity index (χ0v) is 14.3. The van der Waals surface area contributed by atoms with E-state index in [0.29, 0.717) is 12.5 Å². The van der Waals surface area contributed by atoms with Crippen LogP contribution in [0.4, 0.5) is 0 Å². The average molecular weight is 360 g/mol. The van der Waals surface area contributed by atoms with Gasteiger partial charge in [0.2, 0.25) is 0 Å². The molecule has 0 aliphatic rings. The fraction of sp³-hybridized carbons (Fsp3) is 0.333. The van der Waals surface area contributed by atoms with Gasteiger partial charge in [-0.3, -0.25) is 0 Å². The molecule has 0 aliphatic carbocycles. The quantitative estimate of drug-likeness (QED) is 0.634. The van der Waals surface area contributed by atoms with Gasteiger partial charge in [0, 0.05) is 9.90 Å². The summed E-state index contributed by atoms with van der Waals surface area (Å²) < 4.78 is 7.04. The second kappa shape index (κ2) is 6.29. The van der Waals surface area contributed by atoms with E-state index >= 15 is 0 Å². The van der Waals surface area contributed by atoms with Crippen molar-refractivity contribution >= 4 is 38.9 Å². The molecule has 0 radical (unpaired) electrons. The normalized spacial score (nSPS) is 11.1. The summed E-state index contributed by atoms with van der Waals surface area (Å²) in [5.41, 5.74) is 2.21. The predicted octanol–water partition coefficient (Wildman–Crippen LogP) is 6.17. The highest BCUT2D eigenvalue weighted by atomic mass is 79.9. The van der Waals surface area contributed by atoms with E-state index < -0.39 is 0 Å².